The van der Waals surface area contributed by atoms with Crippen molar-refractivity contribution in [3.8, 4) is 17.3 Å². The molecule has 304 valence electrons. The summed E-state index contributed by atoms with van der Waals surface area (Å²) in [5.41, 5.74) is 12.2. The van der Waals surface area contributed by atoms with Crippen molar-refractivity contribution in [3.63, 3.8) is 0 Å². The third-order valence-corrected chi connectivity index (χ3v) is 12.9. The highest BCUT2D eigenvalue weighted by molar-refractivity contribution is 6.09. The predicted molar refractivity (Wildman–Crippen MR) is 251 cm³/mol. The quantitative estimate of drug-likeness (QED) is 0.154. The topological polar surface area (TPSA) is 33.5 Å². The number of hydrogen-bond donors (Lipinski definition) is 0. The molecule has 0 atom stereocenters. The first-order valence-corrected chi connectivity index (χ1v) is 21.5. The van der Waals surface area contributed by atoms with Crippen molar-refractivity contribution in [2.24, 2.45) is 0 Å². The minimum Gasteiger partial charge on any atom is -0.457 e. The Morgan fingerprint density at radius 1 is 0.508 bits per heavy atom. The largest absolute Gasteiger partial charge is 0.457 e. The van der Waals surface area contributed by atoms with Crippen LogP contribution in [0.15, 0.2) is 121 Å². The van der Waals surface area contributed by atoms with Crippen LogP contribution in [0.3, 0.4) is 0 Å². The lowest BCUT2D eigenvalue weighted by molar-refractivity contribution is 0.439. The highest BCUT2D eigenvalue weighted by Gasteiger charge is 2.32. The van der Waals surface area contributed by atoms with E-state index in [2.05, 4.69) is 213 Å². The summed E-state index contributed by atoms with van der Waals surface area (Å²) >= 11 is 0. The summed E-state index contributed by atoms with van der Waals surface area (Å²) in [6, 6.07) is 42.5. The number of aromatic nitrogens is 2. The zero-order chi connectivity index (χ0) is 42.1. The second-order valence-electron chi connectivity index (χ2n) is 20.0. The second kappa shape index (κ2) is 14.6. The van der Waals surface area contributed by atoms with E-state index in [1.807, 2.05) is 6.20 Å². The molecule has 5 aromatic carbocycles. The SMILES string of the molecule is CCC(C)(CC)c1cccc(N2CN(c3cc(Oc4ccc5c6ccccc6n(-c6cc(C(C)(C)C)ccn6)c5c4)cc(C(C)(C)C)c3)c3cc(C(C)(C)C)ccc32)c1. The van der Waals surface area contributed by atoms with Gasteiger partial charge in [-0.15, -0.1) is 0 Å². The normalized spacial score (nSPS) is 13.8. The van der Waals surface area contributed by atoms with E-state index in [0.29, 0.717) is 6.67 Å². The van der Waals surface area contributed by atoms with Gasteiger partial charge in [0.25, 0.3) is 0 Å². The molecule has 0 N–H and O–H groups in total. The van der Waals surface area contributed by atoms with Crippen LogP contribution in [-0.2, 0) is 21.7 Å². The van der Waals surface area contributed by atoms with E-state index in [1.165, 1.54) is 50.1 Å². The van der Waals surface area contributed by atoms with Crippen LogP contribution >= 0.6 is 0 Å². The molecule has 1 aliphatic heterocycles. The Hall–Kier alpha value is -5.55. The van der Waals surface area contributed by atoms with Gasteiger partial charge in [-0.1, -0.05) is 119 Å². The average Bonchev–Trinajstić information content (AvgIpc) is 3.75. The van der Waals surface area contributed by atoms with Crippen LogP contribution in [0.25, 0.3) is 27.6 Å². The molecular formula is C54H62N4O. The molecular weight excluding hydrogens is 721 g/mol. The number of para-hydroxylation sites is 1. The molecule has 2 aromatic heterocycles. The highest BCUT2D eigenvalue weighted by Crippen LogP contribution is 2.48. The Labute approximate surface area is 352 Å². The zero-order valence-electron chi connectivity index (χ0n) is 37.4. The Morgan fingerprint density at radius 2 is 1.17 bits per heavy atom. The van der Waals surface area contributed by atoms with E-state index in [9.17, 15) is 0 Å². The predicted octanol–water partition coefficient (Wildman–Crippen LogP) is 15.2. The molecule has 0 aliphatic carbocycles. The van der Waals surface area contributed by atoms with Crippen molar-refractivity contribution in [3.05, 3.63) is 144 Å². The molecule has 0 unspecified atom stereocenters. The van der Waals surface area contributed by atoms with Crippen LogP contribution in [0.1, 0.15) is 118 Å². The van der Waals surface area contributed by atoms with Gasteiger partial charge in [-0.2, -0.15) is 0 Å². The van der Waals surface area contributed by atoms with Crippen LogP contribution in [0.4, 0.5) is 22.7 Å². The summed E-state index contributed by atoms with van der Waals surface area (Å²) in [4.78, 5) is 9.87. The summed E-state index contributed by atoms with van der Waals surface area (Å²) in [7, 11) is 0. The molecule has 0 amide bonds. The fourth-order valence-electron chi connectivity index (χ4n) is 8.51. The van der Waals surface area contributed by atoms with Gasteiger partial charge >= 0.3 is 0 Å². The number of ether oxygens (including phenoxy) is 1. The van der Waals surface area contributed by atoms with Gasteiger partial charge in [0, 0.05) is 40.5 Å². The van der Waals surface area contributed by atoms with Crippen molar-refractivity contribution in [2.75, 3.05) is 16.5 Å². The number of anilines is 4. The standard InChI is InChI=1S/C54H62N4O/c1-13-54(12,14-2)38-18-17-19-40(28-38)56-35-57(49-31-36(51(3,4)5)22-25-47(49)56)41-29-39(53(9,10)11)30-43(33-41)59-42-23-24-45-44-20-15-16-21-46(44)58(48(45)34-42)50-32-37(26-27-55-50)52(6,7)8/h15-34H,13-14,35H2,1-12H3. The van der Waals surface area contributed by atoms with Crippen LogP contribution in [0, 0.1) is 0 Å². The average molecular weight is 783 g/mol. The Balaban J connectivity index is 1.24. The molecule has 0 saturated carbocycles. The van der Waals surface area contributed by atoms with Gasteiger partial charge in [0.2, 0.25) is 0 Å². The van der Waals surface area contributed by atoms with E-state index in [4.69, 9.17) is 9.72 Å². The van der Waals surface area contributed by atoms with E-state index in [0.717, 1.165) is 46.9 Å². The van der Waals surface area contributed by atoms with Crippen LogP contribution < -0.4 is 14.5 Å². The van der Waals surface area contributed by atoms with Gasteiger partial charge in [-0.05, 0) is 123 Å². The molecule has 0 spiro atoms. The first kappa shape index (κ1) is 40.2. The highest BCUT2D eigenvalue weighted by atomic mass is 16.5. The van der Waals surface area contributed by atoms with E-state index in [-0.39, 0.29) is 21.7 Å². The van der Waals surface area contributed by atoms with Crippen molar-refractivity contribution in [1.82, 2.24) is 9.55 Å². The van der Waals surface area contributed by atoms with Crippen molar-refractivity contribution >= 4 is 44.6 Å². The summed E-state index contributed by atoms with van der Waals surface area (Å²) in [5, 5.41) is 2.37. The number of pyridine rings is 1. The summed E-state index contributed by atoms with van der Waals surface area (Å²) in [6.07, 6.45) is 4.13. The summed E-state index contributed by atoms with van der Waals surface area (Å²) in [5.74, 6) is 2.51. The maximum Gasteiger partial charge on any atom is 0.137 e. The van der Waals surface area contributed by atoms with Gasteiger partial charge < -0.3 is 14.5 Å². The molecule has 8 rings (SSSR count). The number of benzene rings is 5. The third-order valence-electron chi connectivity index (χ3n) is 12.9. The van der Waals surface area contributed by atoms with E-state index >= 15 is 0 Å². The van der Waals surface area contributed by atoms with E-state index in [1.54, 1.807) is 0 Å². The Morgan fingerprint density at radius 3 is 1.88 bits per heavy atom. The van der Waals surface area contributed by atoms with Crippen LogP contribution in [-0.4, -0.2) is 16.2 Å². The molecule has 1 aliphatic rings. The number of nitrogens with zero attached hydrogens (tertiary/aromatic N) is 4. The zero-order valence-corrected chi connectivity index (χ0v) is 37.4. The molecule has 0 bridgehead atoms. The molecule has 0 saturated heterocycles. The van der Waals surface area contributed by atoms with Gasteiger partial charge in [-0.25, -0.2) is 4.98 Å². The summed E-state index contributed by atoms with van der Waals surface area (Å²) in [6.45, 7) is 28.2. The van der Waals surface area contributed by atoms with Gasteiger partial charge in [0.15, 0.2) is 0 Å². The van der Waals surface area contributed by atoms with Crippen molar-refractivity contribution < 1.29 is 4.74 Å². The first-order valence-electron chi connectivity index (χ1n) is 21.5. The molecule has 3 heterocycles. The van der Waals surface area contributed by atoms with Crippen molar-refractivity contribution in [1.29, 1.82) is 0 Å². The molecule has 0 fully saturated rings. The van der Waals surface area contributed by atoms with Gasteiger partial charge in [0.1, 0.15) is 24.0 Å². The Bertz CT molecular complexity index is 2680. The minimum absolute atomic E-state index is 0.00273. The lowest BCUT2D eigenvalue weighted by atomic mass is 9.78. The number of rotatable bonds is 8. The smallest absolute Gasteiger partial charge is 0.137 e. The van der Waals surface area contributed by atoms with Crippen molar-refractivity contribution in [2.45, 2.75) is 118 Å². The molecule has 0 radical (unpaired) electrons. The van der Waals surface area contributed by atoms with E-state index < -0.39 is 0 Å². The van der Waals surface area contributed by atoms with Crippen LogP contribution in [0.2, 0.25) is 0 Å². The Kier molecular flexibility index (Phi) is 9.97. The fraction of sp³-hybridized carbons (Fsp3) is 0.352. The maximum atomic E-state index is 6.97. The van der Waals surface area contributed by atoms with Gasteiger partial charge in [0.05, 0.1) is 22.4 Å². The lowest BCUT2D eigenvalue weighted by Gasteiger charge is -2.29. The van der Waals surface area contributed by atoms with Crippen LogP contribution in [0.5, 0.6) is 11.5 Å². The lowest BCUT2D eigenvalue weighted by Crippen LogP contribution is -2.25. The summed E-state index contributed by atoms with van der Waals surface area (Å²) < 4.78 is 9.25. The fourth-order valence-corrected chi connectivity index (χ4v) is 8.51. The number of fused-ring (bicyclic) bond motifs is 4. The maximum absolute atomic E-state index is 6.97. The minimum atomic E-state index is -0.108. The molecule has 5 heteroatoms. The first-order chi connectivity index (χ1) is 27.9. The second-order valence-corrected chi connectivity index (χ2v) is 20.0. The third kappa shape index (κ3) is 7.50. The molecule has 7 aromatic rings. The number of hydrogen-bond acceptors (Lipinski definition) is 4. The molecule has 5 nitrogen and oxygen atoms in total. The van der Waals surface area contributed by atoms with Gasteiger partial charge in [-0.3, -0.25) is 4.57 Å². The molecule has 59 heavy (non-hydrogen) atoms. The monoisotopic (exact) mass is 782 g/mol.